The van der Waals surface area contributed by atoms with Crippen LogP contribution in [0.2, 0.25) is 0 Å². The van der Waals surface area contributed by atoms with Crippen molar-refractivity contribution in [3.63, 3.8) is 0 Å². The average molecular weight is 1660 g/mol. The van der Waals surface area contributed by atoms with E-state index in [4.69, 9.17) is 48.8 Å². The topological polar surface area (TPSA) is 359 Å². The van der Waals surface area contributed by atoms with E-state index < -0.39 is 40.6 Å². The van der Waals surface area contributed by atoms with Gasteiger partial charge in [-0.1, -0.05) is 18.2 Å². The predicted molar refractivity (Wildman–Crippen MR) is 474 cm³/mol. The Morgan fingerprint density at radius 1 is 0.402 bits per heavy atom. The first-order valence-corrected chi connectivity index (χ1v) is 40.4. The fraction of sp³-hybridized carbons (Fsp3) is 0.319. The Bertz CT molecular complexity index is 5710. The molecular weight excluding hydrogens is 1550 g/mol. The van der Waals surface area contributed by atoms with Gasteiger partial charge in [0, 0.05) is 182 Å². The van der Waals surface area contributed by atoms with Crippen LogP contribution in [0.1, 0.15) is 125 Å². The van der Waals surface area contributed by atoms with Crippen LogP contribution in [-0.2, 0) is 31.8 Å². The molecule has 0 aliphatic carbocycles. The van der Waals surface area contributed by atoms with E-state index in [1.165, 1.54) is 11.9 Å². The highest BCUT2D eigenvalue weighted by Crippen LogP contribution is 2.34. The molecule has 28 nitrogen and oxygen atoms in total. The van der Waals surface area contributed by atoms with Gasteiger partial charge in [0.15, 0.2) is 11.6 Å². The molecule has 3 aliphatic heterocycles. The predicted octanol–water partition coefficient (Wildman–Crippen LogP) is 18.1. The van der Waals surface area contributed by atoms with Gasteiger partial charge in [-0.3, -0.25) is 35.2 Å². The first kappa shape index (κ1) is 87.6. The van der Waals surface area contributed by atoms with Crippen LogP contribution in [-0.4, -0.2) is 173 Å². The second-order valence-corrected chi connectivity index (χ2v) is 33.7. The molecule has 12 aromatic rings. The second-order valence-electron chi connectivity index (χ2n) is 33.7. The quantitative estimate of drug-likeness (QED) is 0.0315. The summed E-state index contributed by atoms with van der Waals surface area (Å²) in [6.07, 6.45) is 7.98. The maximum atomic E-state index is 13.6. The number of nitrogens with one attached hydrogen (secondary N) is 3. The largest absolute Gasteiger partial charge is 0.478 e. The van der Waals surface area contributed by atoms with Crippen molar-refractivity contribution in [1.29, 1.82) is 0 Å². The average Bonchev–Trinajstić information content (AvgIpc) is 1.12. The third-order valence-electron chi connectivity index (χ3n) is 19.7. The number of anilines is 7. The lowest BCUT2D eigenvalue weighted by atomic mass is 9.99. The van der Waals surface area contributed by atoms with Crippen LogP contribution in [0.4, 0.5) is 59.0 Å². The summed E-state index contributed by atoms with van der Waals surface area (Å²) in [5, 5.41) is 20.4. The Kier molecular flexibility index (Phi) is 27.3. The molecule has 8 N–H and O–H groups in total. The summed E-state index contributed by atoms with van der Waals surface area (Å²) < 4.78 is 37.8. The summed E-state index contributed by atoms with van der Waals surface area (Å²) in [4.78, 5) is 110. The zero-order valence-electron chi connectivity index (χ0n) is 70.8. The summed E-state index contributed by atoms with van der Waals surface area (Å²) in [6, 6.07) is 50.7. The number of fused-ring (bicyclic) bond motifs is 3. The number of carboxylic acid groups (broad SMARTS) is 1. The molecule has 0 bridgehead atoms. The van der Waals surface area contributed by atoms with Crippen LogP contribution in [0, 0.1) is 0 Å². The number of ketones is 2. The number of nitrogen functional groups attached to an aromatic ring is 2. The maximum Gasteiger partial charge on any atom is 0.412 e. The summed E-state index contributed by atoms with van der Waals surface area (Å²) >= 11 is 0. The number of hydrogen-bond acceptors (Lipinski definition) is 23. The number of benzene rings is 6. The monoisotopic (exact) mass is 1660 g/mol. The third kappa shape index (κ3) is 24.3. The number of carboxylic acids is 1. The number of nitrogens with two attached hydrogens (primary N) is 2. The Morgan fingerprint density at radius 3 is 1.16 bits per heavy atom. The van der Waals surface area contributed by atoms with Crippen molar-refractivity contribution in [2.24, 2.45) is 0 Å². The molecule has 0 saturated carbocycles. The molecule has 9 heterocycles. The molecule has 4 amide bonds. The Hall–Kier alpha value is -13.8. The Labute approximate surface area is 708 Å². The molecule has 3 aliphatic rings. The molecule has 0 radical (unpaired) electrons. The smallest absolute Gasteiger partial charge is 0.412 e. The molecule has 6 aromatic heterocycles. The lowest BCUT2D eigenvalue weighted by molar-refractivity contribution is 0.0230. The van der Waals surface area contributed by atoms with Gasteiger partial charge in [-0.2, -0.15) is 0 Å². The van der Waals surface area contributed by atoms with E-state index in [9.17, 15) is 33.6 Å². The van der Waals surface area contributed by atoms with Gasteiger partial charge in [0.25, 0.3) is 0 Å². The fourth-order valence-corrected chi connectivity index (χ4v) is 13.7. The highest BCUT2D eigenvalue weighted by Gasteiger charge is 2.30. The van der Waals surface area contributed by atoms with Crippen LogP contribution in [0.5, 0.6) is 0 Å². The number of aromatic nitrogens is 3. The lowest BCUT2D eigenvalue weighted by Gasteiger charge is -2.36. The zero-order valence-corrected chi connectivity index (χ0v) is 70.8. The number of hydrogen-bond donors (Lipinski definition) is 6. The maximum absolute atomic E-state index is 13.6. The van der Waals surface area contributed by atoms with Crippen LogP contribution < -0.4 is 42.1 Å². The van der Waals surface area contributed by atoms with Gasteiger partial charge in [0.1, 0.15) is 39.7 Å². The summed E-state index contributed by atoms with van der Waals surface area (Å²) in [6.45, 7) is 31.0. The molecule has 0 unspecified atom stereocenters. The zero-order chi connectivity index (χ0) is 87.2. The molecule has 0 atom stereocenters. The highest BCUT2D eigenvalue weighted by molar-refractivity contribution is 6.03. The normalized spacial score (nSPS) is 13.8. The van der Waals surface area contributed by atoms with Crippen LogP contribution >= 0.6 is 0 Å². The van der Waals surface area contributed by atoms with Gasteiger partial charge in [0.2, 0.25) is 0 Å². The van der Waals surface area contributed by atoms with E-state index in [-0.39, 0.29) is 42.2 Å². The summed E-state index contributed by atoms with van der Waals surface area (Å²) in [5.41, 5.74) is 22.7. The summed E-state index contributed by atoms with van der Waals surface area (Å²) in [7, 11) is 0. The number of aromatic carboxylic acids is 1. The number of rotatable bonds is 15. The molecular formula is C94H105N13O15. The fourth-order valence-electron chi connectivity index (χ4n) is 13.7. The van der Waals surface area contributed by atoms with Crippen molar-refractivity contribution >= 4 is 114 Å². The number of pyridine rings is 3. The molecule has 6 aromatic carbocycles. The van der Waals surface area contributed by atoms with Crippen LogP contribution in [0.15, 0.2) is 214 Å². The number of carbonyl (C=O) groups is 7. The van der Waals surface area contributed by atoms with E-state index >= 15 is 0 Å². The van der Waals surface area contributed by atoms with Gasteiger partial charge in [-0.05, 0) is 240 Å². The van der Waals surface area contributed by atoms with E-state index in [1.54, 1.807) is 119 Å². The number of nitrogens with zero attached hydrogens (tertiary/aromatic N) is 8. The van der Waals surface area contributed by atoms with Gasteiger partial charge >= 0.3 is 30.3 Å². The standard InChI is InChI=1S/C35H40N4O6.C25H24N4O2.C19H23N3O4.C15H18N2O3/c1-34(2,3)44-32(41)37-28-12-10-24(31-8-7-17-43-31)19-25(28)20-30(40)26-18-23-9-11-27(21-29(23)36-22-26)38-13-15-39(16-14-38)33(42)45-35(4,5)6;26-22-6-4-18(25-2-1-11-31-25)13-19(22)14-24(30)20-12-17-3-5-21(15-23(17)28-16-20)29-9-7-27-8-10-29;1-19(2,3)26-18(25)22-8-6-21(7-9-22)15-5-4-13-10-14(17(23)24)12-20-16(13)11-15;1-15(2,3)20-14(18)17-12-7-6-10(9-11(12)16)13-5-4-8-19-13/h7-12,17-19,21-22H,13-16,20H2,1-6H3,(H,37,41);1-6,11-13,15-16,27H,7-10,14,26H2;4-5,10-12H,6-9H2,1-3H3,(H,23,24);4-9H,16H2,1-3H3,(H,17,18). The Balaban J connectivity index is 0.000000155. The number of carbonyl (C=O) groups excluding carboxylic acids is 6. The van der Waals surface area contributed by atoms with Crippen molar-refractivity contribution in [1.82, 2.24) is 30.1 Å². The van der Waals surface area contributed by atoms with Gasteiger partial charge in [-0.15, -0.1) is 0 Å². The number of ether oxygens (including phenoxy) is 4. The first-order chi connectivity index (χ1) is 58.0. The molecule has 28 heteroatoms. The number of amides is 4. The van der Waals surface area contributed by atoms with E-state index in [0.29, 0.717) is 97.6 Å². The number of Topliss-reactive ketones (excluding diaryl/α,β-unsaturated/α-hetero) is 2. The molecule has 122 heavy (non-hydrogen) atoms. The van der Waals surface area contributed by atoms with E-state index in [2.05, 4.69) is 57.7 Å². The van der Waals surface area contributed by atoms with Crippen molar-refractivity contribution < 1.29 is 70.9 Å². The third-order valence-corrected chi connectivity index (χ3v) is 19.7. The number of furan rings is 3. The lowest BCUT2D eigenvalue weighted by Crippen LogP contribution is -2.50. The minimum Gasteiger partial charge on any atom is -0.478 e. The van der Waals surface area contributed by atoms with Crippen molar-refractivity contribution in [2.45, 2.75) is 118 Å². The van der Waals surface area contributed by atoms with Gasteiger partial charge in [-0.25, -0.2) is 24.0 Å². The molecule has 636 valence electrons. The highest BCUT2D eigenvalue weighted by atomic mass is 16.6. The number of piperazine rings is 3. The minimum absolute atomic E-state index is 0.0103. The molecule has 0 spiro atoms. The van der Waals surface area contributed by atoms with Crippen molar-refractivity contribution in [3.05, 3.63) is 229 Å². The van der Waals surface area contributed by atoms with Gasteiger partial charge < -0.3 is 78.6 Å². The SMILES string of the molecule is CC(C)(C)OC(=O)N1CCN(c2ccc3cc(C(=O)O)cnc3c2)CC1.CC(C)(C)OC(=O)Nc1ccc(-c2ccco2)cc1CC(=O)c1cnc2cc(N3CCN(C(=O)OC(C)(C)C)CC3)ccc2c1.CC(C)(C)OC(=O)Nc1ccc(-c2ccco2)cc1N.Nc1ccc(-c2ccco2)cc1CC(=O)c1cnc2cc(N3CCNCC3)ccc2c1. The summed E-state index contributed by atoms with van der Waals surface area (Å²) in [5.74, 6) is 0.991. The minimum atomic E-state index is -0.984. The van der Waals surface area contributed by atoms with Gasteiger partial charge in [0.05, 0.1) is 52.3 Å². The van der Waals surface area contributed by atoms with Crippen LogP contribution in [0.3, 0.4) is 0 Å². The molecule has 3 saturated heterocycles. The second kappa shape index (κ2) is 38.1. The van der Waals surface area contributed by atoms with Crippen molar-refractivity contribution in [3.8, 4) is 34.0 Å². The van der Waals surface area contributed by atoms with E-state index in [0.717, 1.165) is 104 Å². The van der Waals surface area contributed by atoms with Crippen molar-refractivity contribution in [2.75, 3.05) is 115 Å². The molecule has 15 rings (SSSR count). The Morgan fingerprint density at radius 2 is 0.762 bits per heavy atom. The molecule has 3 fully saturated rings. The van der Waals surface area contributed by atoms with Crippen LogP contribution in [0.25, 0.3) is 66.7 Å². The first-order valence-electron chi connectivity index (χ1n) is 40.4. The van der Waals surface area contributed by atoms with E-state index in [1.807, 2.05) is 157 Å².